The van der Waals surface area contributed by atoms with Gasteiger partial charge in [-0.3, -0.25) is 0 Å². The molecule has 0 spiro atoms. The average Bonchev–Trinajstić information content (AvgIpc) is 2.45. The molecular weight excluding hydrogens is 272 g/mol. The Morgan fingerprint density at radius 2 is 1.76 bits per heavy atom. The zero-order chi connectivity index (χ0) is 14.9. The number of allylic oxidation sites excluding steroid dienone is 2. The Labute approximate surface area is 128 Å². The molecule has 110 valence electrons. The zero-order valence-corrected chi connectivity index (χ0v) is 14.2. The van der Waals surface area contributed by atoms with E-state index in [1.165, 1.54) is 34.9 Å². The molecule has 0 saturated carbocycles. The van der Waals surface area contributed by atoms with Crippen LogP contribution in [0.5, 0.6) is 0 Å². The van der Waals surface area contributed by atoms with Crippen molar-refractivity contribution in [1.82, 2.24) is 0 Å². The first-order valence-corrected chi connectivity index (χ1v) is 11.3. The summed E-state index contributed by atoms with van der Waals surface area (Å²) in [6, 6.07) is 15.5. The topological polar surface area (TPSA) is 9.23 Å². The van der Waals surface area contributed by atoms with Gasteiger partial charge in [0.15, 0.2) is 0 Å². The van der Waals surface area contributed by atoms with Gasteiger partial charge in [0.25, 0.3) is 0 Å². The van der Waals surface area contributed by atoms with E-state index >= 15 is 0 Å². The molecule has 0 saturated heterocycles. The Kier molecular flexibility index (Phi) is 3.90. The molecule has 0 radical (unpaired) electrons. The van der Waals surface area contributed by atoms with Gasteiger partial charge >= 0.3 is 0 Å². The van der Waals surface area contributed by atoms with Crippen LogP contribution in [-0.4, -0.2) is 8.32 Å². The van der Waals surface area contributed by atoms with E-state index in [4.69, 9.17) is 4.43 Å². The van der Waals surface area contributed by atoms with Crippen molar-refractivity contribution in [2.24, 2.45) is 0 Å². The number of hydrogen-bond donors (Lipinski definition) is 0. The summed E-state index contributed by atoms with van der Waals surface area (Å²) in [6.07, 6.45) is 5.94. The van der Waals surface area contributed by atoms with Crippen LogP contribution in [0, 0.1) is 0 Å². The normalized spacial score (nSPS) is 19.4. The van der Waals surface area contributed by atoms with Crippen molar-refractivity contribution in [3.63, 3.8) is 0 Å². The van der Waals surface area contributed by atoms with Crippen molar-refractivity contribution in [2.45, 2.75) is 44.8 Å². The first-order chi connectivity index (χ1) is 10.0. The molecule has 1 aliphatic rings. The summed E-state index contributed by atoms with van der Waals surface area (Å²) in [5.41, 5.74) is 1.42. The van der Waals surface area contributed by atoms with E-state index in [0.29, 0.717) is 5.92 Å². The quantitative estimate of drug-likeness (QED) is 0.646. The molecule has 1 unspecified atom stereocenters. The highest BCUT2D eigenvalue weighted by molar-refractivity contribution is 6.70. The first-order valence-electron chi connectivity index (χ1n) is 7.90. The molecular formula is C19H24OSi. The predicted octanol–water partition coefficient (Wildman–Crippen LogP) is 5.84. The standard InChI is InChI=1S/C19H24OSi/c1-21(2,3)20-19-10-6-9-17(14-19)18-12-11-15-7-4-5-8-16(15)13-18/h4-5,7-8,11-14,17H,6,9-10H2,1-3H3. The number of rotatable bonds is 3. The Morgan fingerprint density at radius 1 is 1.00 bits per heavy atom. The lowest BCUT2D eigenvalue weighted by Gasteiger charge is -2.27. The summed E-state index contributed by atoms with van der Waals surface area (Å²) in [4.78, 5) is 0. The molecule has 2 aromatic rings. The SMILES string of the molecule is C[Si](C)(C)OC1=CC(c2ccc3ccccc3c2)CCC1. The van der Waals surface area contributed by atoms with Crippen LogP contribution < -0.4 is 0 Å². The van der Waals surface area contributed by atoms with Crippen molar-refractivity contribution >= 4 is 19.1 Å². The summed E-state index contributed by atoms with van der Waals surface area (Å²) in [6.45, 7) is 6.77. The van der Waals surface area contributed by atoms with Gasteiger partial charge in [-0.15, -0.1) is 0 Å². The smallest absolute Gasteiger partial charge is 0.241 e. The molecule has 1 nitrogen and oxygen atoms in total. The largest absolute Gasteiger partial charge is 0.548 e. The minimum atomic E-state index is -1.49. The summed E-state index contributed by atoms with van der Waals surface area (Å²) >= 11 is 0. The third-order valence-electron chi connectivity index (χ3n) is 3.96. The summed E-state index contributed by atoms with van der Waals surface area (Å²) < 4.78 is 6.22. The van der Waals surface area contributed by atoms with E-state index in [1.54, 1.807) is 0 Å². The van der Waals surface area contributed by atoms with Crippen LogP contribution in [0.2, 0.25) is 19.6 Å². The van der Waals surface area contributed by atoms with Gasteiger partial charge in [-0.05, 0) is 54.9 Å². The molecule has 2 heteroatoms. The van der Waals surface area contributed by atoms with Gasteiger partial charge in [-0.2, -0.15) is 0 Å². The third-order valence-corrected chi connectivity index (χ3v) is 4.84. The maximum Gasteiger partial charge on any atom is 0.241 e. The average molecular weight is 296 g/mol. The lowest BCUT2D eigenvalue weighted by Crippen LogP contribution is -2.25. The van der Waals surface area contributed by atoms with Crippen LogP contribution in [0.1, 0.15) is 30.7 Å². The summed E-state index contributed by atoms with van der Waals surface area (Å²) in [7, 11) is -1.49. The number of benzene rings is 2. The summed E-state index contributed by atoms with van der Waals surface area (Å²) in [5, 5.41) is 2.65. The van der Waals surface area contributed by atoms with Crippen LogP contribution in [0.25, 0.3) is 10.8 Å². The van der Waals surface area contributed by atoms with Gasteiger partial charge in [-0.25, -0.2) is 0 Å². The molecule has 1 aliphatic carbocycles. The Bertz CT molecular complexity index is 667. The van der Waals surface area contributed by atoms with Gasteiger partial charge in [-0.1, -0.05) is 42.5 Å². The van der Waals surface area contributed by atoms with E-state index in [2.05, 4.69) is 68.2 Å². The lowest BCUT2D eigenvalue weighted by molar-refractivity contribution is 0.373. The van der Waals surface area contributed by atoms with Crippen molar-refractivity contribution in [1.29, 1.82) is 0 Å². The Hall–Kier alpha value is -1.54. The Balaban J connectivity index is 1.89. The molecule has 0 N–H and O–H groups in total. The fraction of sp³-hybridized carbons (Fsp3) is 0.368. The van der Waals surface area contributed by atoms with Crippen LogP contribution in [0.4, 0.5) is 0 Å². The van der Waals surface area contributed by atoms with Crippen molar-refractivity contribution in [3.8, 4) is 0 Å². The molecule has 21 heavy (non-hydrogen) atoms. The van der Waals surface area contributed by atoms with Crippen LogP contribution in [0.15, 0.2) is 54.3 Å². The highest BCUT2D eigenvalue weighted by Crippen LogP contribution is 2.34. The van der Waals surface area contributed by atoms with Crippen molar-refractivity contribution in [2.75, 3.05) is 0 Å². The highest BCUT2D eigenvalue weighted by atomic mass is 28.4. The molecule has 0 aliphatic heterocycles. The number of fused-ring (bicyclic) bond motifs is 1. The van der Waals surface area contributed by atoms with E-state index in [1.807, 2.05) is 0 Å². The van der Waals surface area contributed by atoms with Crippen molar-refractivity contribution < 1.29 is 4.43 Å². The summed E-state index contributed by atoms with van der Waals surface area (Å²) in [5.74, 6) is 1.73. The van der Waals surface area contributed by atoms with Crippen LogP contribution >= 0.6 is 0 Å². The van der Waals surface area contributed by atoms with E-state index in [0.717, 1.165) is 6.42 Å². The van der Waals surface area contributed by atoms with Crippen LogP contribution in [-0.2, 0) is 4.43 Å². The van der Waals surface area contributed by atoms with Crippen LogP contribution in [0.3, 0.4) is 0 Å². The monoisotopic (exact) mass is 296 g/mol. The van der Waals surface area contributed by atoms with Gasteiger partial charge < -0.3 is 4.43 Å². The third kappa shape index (κ3) is 3.56. The first kappa shape index (κ1) is 14.4. The Morgan fingerprint density at radius 3 is 2.52 bits per heavy atom. The minimum Gasteiger partial charge on any atom is -0.548 e. The van der Waals surface area contributed by atoms with Gasteiger partial charge in [0.1, 0.15) is 0 Å². The fourth-order valence-electron chi connectivity index (χ4n) is 3.07. The predicted molar refractivity (Wildman–Crippen MR) is 93.1 cm³/mol. The molecule has 2 aromatic carbocycles. The van der Waals surface area contributed by atoms with Crippen molar-refractivity contribution in [3.05, 3.63) is 59.9 Å². The molecule has 0 heterocycles. The molecule has 3 rings (SSSR count). The second-order valence-corrected chi connectivity index (χ2v) is 11.4. The second kappa shape index (κ2) is 5.68. The fourth-order valence-corrected chi connectivity index (χ4v) is 4.02. The highest BCUT2D eigenvalue weighted by Gasteiger charge is 2.22. The molecule has 0 fully saturated rings. The second-order valence-electron chi connectivity index (χ2n) is 6.95. The molecule has 1 atom stereocenters. The van der Waals surface area contributed by atoms with Gasteiger partial charge in [0.05, 0.1) is 5.76 Å². The van der Waals surface area contributed by atoms with E-state index in [-0.39, 0.29) is 0 Å². The van der Waals surface area contributed by atoms with Gasteiger partial charge in [0.2, 0.25) is 8.32 Å². The van der Waals surface area contributed by atoms with E-state index < -0.39 is 8.32 Å². The molecule has 0 amide bonds. The maximum atomic E-state index is 6.22. The van der Waals surface area contributed by atoms with Gasteiger partial charge in [0, 0.05) is 12.3 Å². The maximum absolute atomic E-state index is 6.22. The molecule has 0 aromatic heterocycles. The lowest BCUT2D eigenvalue weighted by atomic mass is 9.87. The zero-order valence-electron chi connectivity index (χ0n) is 13.2. The minimum absolute atomic E-state index is 0.509. The number of hydrogen-bond acceptors (Lipinski definition) is 1. The van der Waals surface area contributed by atoms with E-state index in [9.17, 15) is 0 Å². The molecule has 0 bridgehead atoms.